The number of nitrogens with zero attached hydrogens (tertiary/aromatic N) is 3. The lowest BCUT2D eigenvalue weighted by Crippen LogP contribution is -2.50. The van der Waals surface area contributed by atoms with E-state index < -0.39 is 0 Å². The zero-order valence-electron chi connectivity index (χ0n) is 24.8. The molecule has 0 aromatic heterocycles. The predicted octanol–water partition coefficient (Wildman–Crippen LogP) is -0.708. The van der Waals surface area contributed by atoms with E-state index in [1.54, 1.807) is 6.92 Å². The monoisotopic (exact) mass is 569 g/mol. The number of amides is 1. The molecule has 0 spiro atoms. The van der Waals surface area contributed by atoms with Gasteiger partial charge in [-0.1, -0.05) is 0 Å². The van der Waals surface area contributed by atoms with Crippen LogP contribution >= 0.6 is 0 Å². The second kappa shape index (κ2) is 15.9. The minimum Gasteiger partial charge on any atom is -0.393 e. The maximum Gasteiger partial charge on any atom is 0.234 e. The first-order chi connectivity index (χ1) is 18.9. The number of ketones is 1. The maximum absolute atomic E-state index is 11.0. The van der Waals surface area contributed by atoms with Crippen molar-refractivity contribution in [1.29, 1.82) is 0 Å². The lowest BCUT2D eigenvalue weighted by atomic mass is 9.86. The molecule has 0 aromatic rings. The van der Waals surface area contributed by atoms with Gasteiger partial charge in [-0.3, -0.25) is 14.5 Å². The largest absolute Gasteiger partial charge is 0.393 e. The molecule has 0 radical (unpaired) electrons. The van der Waals surface area contributed by atoms with E-state index in [9.17, 15) is 24.9 Å². The van der Waals surface area contributed by atoms with Gasteiger partial charge in [0.2, 0.25) is 5.91 Å². The van der Waals surface area contributed by atoms with E-state index in [0.717, 1.165) is 32.4 Å². The molecule has 4 bridgehead atoms. The average molecular weight is 570 g/mol. The molecule has 0 saturated carbocycles. The number of nitrogens with one attached hydrogen (secondary N) is 1. The van der Waals surface area contributed by atoms with Crippen LogP contribution in [0, 0.1) is 5.92 Å². The number of rotatable bonds is 2. The van der Waals surface area contributed by atoms with Crippen molar-refractivity contribution >= 4 is 11.7 Å². The summed E-state index contributed by atoms with van der Waals surface area (Å²) in [7, 11) is 4.12. The third kappa shape index (κ3) is 9.97. The lowest BCUT2D eigenvalue weighted by molar-refractivity contribution is -0.124. The molecule has 11 heteroatoms. The van der Waals surface area contributed by atoms with Crippen molar-refractivity contribution in [3.63, 3.8) is 0 Å². The number of primary amides is 1. The molecule has 0 aliphatic carbocycles. The number of Topliss-reactive ketones (excluding diaryl/α,β-unsaturated/α-hetero) is 1. The number of hydrogen-bond acceptors (Lipinski definition) is 10. The number of carbonyl (C=O) groups is 2. The van der Waals surface area contributed by atoms with Gasteiger partial charge in [0.25, 0.3) is 0 Å². The number of fused-ring (bicyclic) bond motifs is 5. The average Bonchev–Trinajstić information content (AvgIpc) is 3.12. The van der Waals surface area contributed by atoms with Crippen molar-refractivity contribution < 1.29 is 30.0 Å². The topological polar surface area (TPSA) is 163 Å². The quantitative estimate of drug-likeness (QED) is 0.251. The molecule has 7 saturated heterocycles. The molecule has 7 aliphatic heterocycles. The summed E-state index contributed by atoms with van der Waals surface area (Å²) in [6.45, 7) is 6.47. The Balaban J connectivity index is 0.000000147. The van der Waals surface area contributed by atoms with Crippen LogP contribution in [0.2, 0.25) is 0 Å². The van der Waals surface area contributed by atoms with Crippen molar-refractivity contribution in [2.45, 2.75) is 120 Å². The standard InChI is InChI=1S/C8H15NO2.C8H15NO.C7H13NO.C6H12N2O2/c1-6(10)8-5-7(11)3-4-9(8)2;1-9-6-2-3-7(9)5-8(10)4-6;9-7-5-8-3-1-6(7)2-4-8;7-6(10)5-3-4(9)1-2-8-5/h7-8,11H,3-5H2,1-2H3;6-8,10H,2-5H2,1H3;6-7,9H,1-5H2;4-5,8-9H,1-3H2,(H2,7,10)/t7-,8+;;;4-,5+/m0..0/s1. The zero-order valence-corrected chi connectivity index (χ0v) is 24.8. The number of nitrogens with two attached hydrogens (primary N) is 1. The highest BCUT2D eigenvalue weighted by molar-refractivity contribution is 5.81. The second-order valence-corrected chi connectivity index (χ2v) is 12.8. The van der Waals surface area contributed by atoms with Crippen LogP contribution in [0.1, 0.15) is 71.1 Å². The van der Waals surface area contributed by atoms with Crippen molar-refractivity contribution in [1.82, 2.24) is 20.0 Å². The van der Waals surface area contributed by atoms with E-state index in [4.69, 9.17) is 10.8 Å². The van der Waals surface area contributed by atoms with Crippen molar-refractivity contribution in [3.8, 4) is 0 Å². The first-order valence-electron chi connectivity index (χ1n) is 15.3. The normalized spacial score (nSPS) is 40.9. The molecule has 40 heavy (non-hydrogen) atoms. The van der Waals surface area contributed by atoms with Crippen LogP contribution in [0.25, 0.3) is 0 Å². The first kappa shape index (κ1) is 33.3. The smallest absolute Gasteiger partial charge is 0.234 e. The van der Waals surface area contributed by atoms with Gasteiger partial charge in [-0.2, -0.15) is 0 Å². The van der Waals surface area contributed by atoms with E-state index in [-0.39, 0.29) is 48.2 Å². The van der Waals surface area contributed by atoms with Crippen LogP contribution in [0.5, 0.6) is 0 Å². The summed E-state index contributed by atoms with van der Waals surface area (Å²) < 4.78 is 0. The molecule has 1 amide bonds. The van der Waals surface area contributed by atoms with Crippen molar-refractivity contribution in [2.24, 2.45) is 11.7 Å². The molecular weight excluding hydrogens is 514 g/mol. The molecule has 7 fully saturated rings. The van der Waals surface area contributed by atoms with E-state index >= 15 is 0 Å². The summed E-state index contributed by atoms with van der Waals surface area (Å²) in [6.07, 6.45) is 8.98. The summed E-state index contributed by atoms with van der Waals surface area (Å²) in [5, 5.41) is 40.0. The highest BCUT2D eigenvalue weighted by Crippen LogP contribution is 2.33. The van der Waals surface area contributed by atoms with Gasteiger partial charge in [0.1, 0.15) is 5.78 Å². The van der Waals surface area contributed by atoms with Crippen LogP contribution in [-0.4, -0.2) is 142 Å². The fourth-order valence-electron chi connectivity index (χ4n) is 6.97. The Hall–Kier alpha value is -1.18. The van der Waals surface area contributed by atoms with Gasteiger partial charge in [0.05, 0.1) is 36.5 Å². The Kier molecular flexibility index (Phi) is 13.2. The Morgan fingerprint density at radius 3 is 1.77 bits per heavy atom. The molecule has 3 unspecified atom stereocenters. The highest BCUT2D eigenvalue weighted by atomic mass is 16.3. The van der Waals surface area contributed by atoms with Crippen LogP contribution in [0.3, 0.4) is 0 Å². The van der Waals surface area contributed by atoms with Gasteiger partial charge in [0, 0.05) is 25.2 Å². The van der Waals surface area contributed by atoms with Gasteiger partial charge in [-0.15, -0.1) is 0 Å². The summed E-state index contributed by atoms with van der Waals surface area (Å²) in [5.41, 5.74) is 5.02. The Morgan fingerprint density at radius 1 is 0.775 bits per heavy atom. The number of likely N-dealkylation sites (tertiary alicyclic amines) is 1. The Labute approximate surface area is 240 Å². The van der Waals surface area contributed by atoms with Gasteiger partial charge in [-0.25, -0.2) is 0 Å². The fourth-order valence-corrected chi connectivity index (χ4v) is 6.97. The number of aliphatic hydroxyl groups is 4. The summed E-state index contributed by atoms with van der Waals surface area (Å²) >= 11 is 0. The minimum atomic E-state index is -0.376. The highest BCUT2D eigenvalue weighted by Gasteiger charge is 2.37. The number of likely N-dealkylation sites (N-methyl/N-ethyl adjacent to an activating group) is 1. The molecule has 7 N–H and O–H groups in total. The molecule has 7 aliphatic rings. The van der Waals surface area contributed by atoms with E-state index in [1.165, 1.54) is 38.8 Å². The Bertz CT molecular complexity index is 783. The Morgan fingerprint density at radius 2 is 1.38 bits per heavy atom. The predicted molar refractivity (Wildman–Crippen MR) is 154 cm³/mol. The molecule has 7 heterocycles. The third-order valence-corrected chi connectivity index (χ3v) is 9.73. The SMILES string of the molecule is CC(=O)[C@H]1C[C@@H](O)CCN1C.CN1C2CCC1CC(O)C2.NC(=O)[C@H]1C[C@@H](O)CCN1.OC1CN2CCC1CC2. The maximum atomic E-state index is 11.0. The third-order valence-electron chi connectivity index (χ3n) is 9.73. The van der Waals surface area contributed by atoms with Crippen LogP contribution in [0.15, 0.2) is 0 Å². The molecule has 7 rings (SSSR count). The van der Waals surface area contributed by atoms with E-state index in [0.29, 0.717) is 43.8 Å². The van der Waals surface area contributed by atoms with Crippen LogP contribution < -0.4 is 11.1 Å². The van der Waals surface area contributed by atoms with E-state index in [2.05, 4.69) is 22.2 Å². The minimum absolute atomic E-state index is 0.00583. The lowest BCUT2D eigenvalue weighted by Gasteiger charge is -2.42. The second-order valence-electron chi connectivity index (χ2n) is 12.8. The van der Waals surface area contributed by atoms with Gasteiger partial charge in [-0.05, 0) is 111 Å². The van der Waals surface area contributed by atoms with Crippen molar-refractivity contribution in [3.05, 3.63) is 0 Å². The van der Waals surface area contributed by atoms with Crippen LogP contribution in [0.4, 0.5) is 0 Å². The number of aliphatic hydroxyl groups excluding tert-OH is 4. The van der Waals surface area contributed by atoms with Crippen molar-refractivity contribution in [2.75, 3.05) is 46.8 Å². The molecule has 0 aromatic carbocycles. The van der Waals surface area contributed by atoms with Gasteiger partial charge < -0.3 is 41.3 Å². The molecule has 7 atom stereocenters. The summed E-state index contributed by atoms with van der Waals surface area (Å²) in [6, 6.07) is 0.991. The molecule has 11 nitrogen and oxygen atoms in total. The summed E-state index contributed by atoms with van der Waals surface area (Å²) in [5.74, 6) is 0.417. The number of carbonyl (C=O) groups excluding carboxylic acids is 2. The van der Waals surface area contributed by atoms with Crippen LogP contribution in [-0.2, 0) is 9.59 Å². The van der Waals surface area contributed by atoms with Gasteiger partial charge in [0.15, 0.2) is 0 Å². The number of hydrogen-bond donors (Lipinski definition) is 6. The first-order valence-corrected chi connectivity index (χ1v) is 15.3. The van der Waals surface area contributed by atoms with E-state index in [1.807, 2.05) is 11.9 Å². The molecular formula is C29H55N5O6. The molecule has 232 valence electrons. The van der Waals surface area contributed by atoms with Gasteiger partial charge >= 0.3 is 0 Å². The number of piperidine rings is 6. The zero-order chi connectivity index (χ0) is 29.4. The fraction of sp³-hybridized carbons (Fsp3) is 0.931. The summed E-state index contributed by atoms with van der Waals surface area (Å²) in [4.78, 5) is 28.3.